The average molecular weight is 581 g/mol. The summed E-state index contributed by atoms with van der Waals surface area (Å²) in [6, 6.07) is 21.2. The summed E-state index contributed by atoms with van der Waals surface area (Å²) in [5, 5.41) is 17.0. The predicted molar refractivity (Wildman–Crippen MR) is 146 cm³/mol. The molecular weight excluding hydrogens is 549 g/mol. The van der Waals surface area contributed by atoms with Gasteiger partial charge in [0, 0.05) is 18.8 Å². The molecule has 216 valence electrons. The van der Waals surface area contributed by atoms with Crippen LogP contribution in [-0.4, -0.2) is 43.3 Å². The number of alkyl halides is 3. The zero-order chi connectivity index (χ0) is 29.9. The third-order valence-corrected chi connectivity index (χ3v) is 7.10. The lowest BCUT2D eigenvalue weighted by molar-refractivity contribution is -0.192. The maximum absolute atomic E-state index is 12.8. The summed E-state index contributed by atoms with van der Waals surface area (Å²) in [5.41, 5.74) is 2.95. The molecule has 3 N–H and O–H groups in total. The molecule has 0 aromatic heterocycles. The first-order chi connectivity index (χ1) is 18.8. The maximum atomic E-state index is 12.8. The van der Waals surface area contributed by atoms with Crippen LogP contribution in [0, 0.1) is 0 Å². The topological polar surface area (TPSA) is 124 Å². The molecule has 0 unspecified atom stereocenters. The number of hydrogen-bond donors (Lipinski definition) is 3. The molecule has 40 heavy (non-hydrogen) atoms. The Balaban J connectivity index is 0.000000708. The number of nitrogens with zero attached hydrogens (tertiary/aromatic N) is 1. The van der Waals surface area contributed by atoms with Gasteiger partial charge in [-0.2, -0.15) is 13.2 Å². The number of aliphatic carboxylic acids is 1. The Kier molecular flexibility index (Phi) is 11.5. The highest BCUT2D eigenvalue weighted by atomic mass is 32.2. The molecular formula is C28H31F3N2O6S. The minimum absolute atomic E-state index is 0.0589. The summed E-state index contributed by atoms with van der Waals surface area (Å²) in [4.78, 5) is 23.2. The van der Waals surface area contributed by atoms with Gasteiger partial charge in [-0.05, 0) is 54.3 Å². The van der Waals surface area contributed by atoms with Crippen LogP contribution in [0.25, 0.3) is 0 Å². The van der Waals surface area contributed by atoms with Gasteiger partial charge in [-0.3, -0.25) is 4.72 Å². The number of carboxylic acid groups (broad SMARTS) is 2. The third kappa shape index (κ3) is 9.60. The smallest absolute Gasteiger partial charge is 0.478 e. The Bertz CT molecular complexity index is 1380. The fraction of sp³-hybridized carbons (Fsp3) is 0.286. The van der Waals surface area contributed by atoms with Crippen LogP contribution in [0.1, 0.15) is 48.2 Å². The summed E-state index contributed by atoms with van der Waals surface area (Å²) in [6.45, 7) is 5.35. The van der Waals surface area contributed by atoms with Crippen LogP contribution in [0.2, 0.25) is 0 Å². The summed E-state index contributed by atoms with van der Waals surface area (Å²) in [5.74, 6) is -3.86. The molecule has 0 fully saturated rings. The number of carbonyl (C=O) groups is 2. The normalized spacial score (nSPS) is 11.2. The molecule has 3 aromatic rings. The van der Waals surface area contributed by atoms with Gasteiger partial charge in [0.15, 0.2) is 0 Å². The van der Waals surface area contributed by atoms with Gasteiger partial charge in [0.2, 0.25) is 0 Å². The monoisotopic (exact) mass is 580 g/mol. The number of sulfonamides is 1. The molecule has 0 aliphatic rings. The number of benzene rings is 3. The summed E-state index contributed by atoms with van der Waals surface area (Å²) < 4.78 is 59.9. The molecule has 8 nitrogen and oxygen atoms in total. The van der Waals surface area contributed by atoms with Gasteiger partial charge in [-0.25, -0.2) is 18.0 Å². The maximum Gasteiger partial charge on any atom is 0.490 e. The van der Waals surface area contributed by atoms with E-state index in [4.69, 9.17) is 9.90 Å². The molecule has 3 rings (SSSR count). The van der Waals surface area contributed by atoms with E-state index < -0.39 is 28.1 Å². The van der Waals surface area contributed by atoms with E-state index in [0.29, 0.717) is 18.8 Å². The SMILES string of the molecule is CCCCN(Cc1ccccc1)c1ccc(NS(=O)(=O)c2ccc(CC)cc2)cc1C(=O)O.O=C(O)C(F)(F)F. The number of nitrogens with one attached hydrogen (secondary N) is 1. The quantitative estimate of drug-likeness (QED) is 0.247. The number of rotatable bonds is 11. The van der Waals surface area contributed by atoms with Crippen molar-refractivity contribution in [2.24, 2.45) is 0 Å². The van der Waals surface area contributed by atoms with E-state index in [1.54, 1.807) is 36.4 Å². The lowest BCUT2D eigenvalue weighted by atomic mass is 10.1. The molecule has 0 aliphatic heterocycles. The Hall–Kier alpha value is -4.06. The molecule has 0 spiro atoms. The Morgan fingerprint density at radius 3 is 2.00 bits per heavy atom. The Labute approximate surface area is 231 Å². The van der Waals surface area contributed by atoms with Gasteiger partial charge >= 0.3 is 18.1 Å². The molecule has 0 aliphatic carbocycles. The van der Waals surface area contributed by atoms with E-state index in [0.717, 1.165) is 30.4 Å². The number of carboxylic acids is 2. The van der Waals surface area contributed by atoms with E-state index >= 15 is 0 Å². The van der Waals surface area contributed by atoms with Crippen LogP contribution in [0.5, 0.6) is 0 Å². The van der Waals surface area contributed by atoms with E-state index in [2.05, 4.69) is 11.6 Å². The fourth-order valence-electron chi connectivity index (χ4n) is 3.60. The van der Waals surface area contributed by atoms with Crippen LogP contribution in [-0.2, 0) is 27.8 Å². The van der Waals surface area contributed by atoms with Crippen molar-refractivity contribution in [3.8, 4) is 0 Å². The minimum atomic E-state index is -5.08. The second-order valence-corrected chi connectivity index (χ2v) is 10.4. The lowest BCUT2D eigenvalue weighted by Gasteiger charge is -2.27. The molecule has 0 amide bonds. The summed E-state index contributed by atoms with van der Waals surface area (Å²) in [6.07, 6.45) is -2.38. The Morgan fingerprint density at radius 1 is 0.900 bits per heavy atom. The first-order valence-corrected chi connectivity index (χ1v) is 13.8. The van der Waals surface area contributed by atoms with Crippen molar-refractivity contribution in [2.45, 2.75) is 50.7 Å². The van der Waals surface area contributed by atoms with Crippen LogP contribution in [0.3, 0.4) is 0 Å². The summed E-state index contributed by atoms with van der Waals surface area (Å²) >= 11 is 0. The molecule has 12 heteroatoms. The molecule has 3 aromatic carbocycles. The van der Waals surface area contributed by atoms with Crippen molar-refractivity contribution in [1.82, 2.24) is 0 Å². The van der Waals surface area contributed by atoms with E-state index in [9.17, 15) is 31.5 Å². The highest BCUT2D eigenvalue weighted by Gasteiger charge is 2.38. The van der Waals surface area contributed by atoms with Crippen LogP contribution in [0.15, 0.2) is 77.7 Å². The molecule has 0 radical (unpaired) electrons. The standard InChI is InChI=1S/C26H30N2O4S.C2HF3O2/c1-3-5-17-28(19-21-9-7-6-8-10-21)25-16-13-22(18-24(25)26(29)30)27-33(31,32)23-14-11-20(4-2)12-15-23;3-2(4,5)1(6)7/h6-16,18,27H,3-5,17,19H2,1-2H3,(H,29,30);(H,6,7). The van der Waals surface area contributed by atoms with Gasteiger partial charge in [-0.1, -0.05) is 62.7 Å². The summed E-state index contributed by atoms with van der Waals surface area (Å²) in [7, 11) is -3.83. The van der Waals surface area contributed by atoms with E-state index in [1.165, 1.54) is 6.07 Å². The molecule has 0 saturated heterocycles. The van der Waals surface area contributed by atoms with Gasteiger partial charge in [0.1, 0.15) is 0 Å². The van der Waals surface area contributed by atoms with Gasteiger partial charge in [-0.15, -0.1) is 0 Å². The van der Waals surface area contributed by atoms with Crippen molar-refractivity contribution in [2.75, 3.05) is 16.2 Å². The van der Waals surface area contributed by atoms with Crippen molar-refractivity contribution in [3.05, 3.63) is 89.5 Å². The third-order valence-electron chi connectivity index (χ3n) is 5.70. The van der Waals surface area contributed by atoms with Gasteiger partial charge in [0.25, 0.3) is 10.0 Å². The second-order valence-electron chi connectivity index (χ2n) is 8.70. The van der Waals surface area contributed by atoms with Crippen molar-refractivity contribution < 1.29 is 41.4 Å². The van der Waals surface area contributed by atoms with E-state index in [-0.39, 0.29) is 16.1 Å². The largest absolute Gasteiger partial charge is 0.490 e. The van der Waals surface area contributed by atoms with Crippen LogP contribution in [0.4, 0.5) is 24.5 Å². The zero-order valence-electron chi connectivity index (χ0n) is 22.0. The molecule has 0 atom stereocenters. The first-order valence-electron chi connectivity index (χ1n) is 12.4. The number of aryl methyl sites for hydroxylation is 1. The first kappa shape index (κ1) is 32.2. The predicted octanol–water partition coefficient (Wildman–Crippen LogP) is 6.19. The molecule has 0 bridgehead atoms. The number of aromatic carboxylic acids is 1. The van der Waals surface area contributed by atoms with Crippen LogP contribution >= 0.6 is 0 Å². The number of hydrogen-bond acceptors (Lipinski definition) is 5. The van der Waals surface area contributed by atoms with Crippen molar-refractivity contribution >= 4 is 33.3 Å². The van der Waals surface area contributed by atoms with Gasteiger partial charge in [0.05, 0.1) is 16.1 Å². The number of unbranched alkanes of at least 4 members (excludes halogenated alkanes) is 1. The highest BCUT2D eigenvalue weighted by molar-refractivity contribution is 7.92. The van der Waals surface area contributed by atoms with E-state index in [1.807, 2.05) is 42.2 Å². The number of anilines is 2. The average Bonchev–Trinajstić information content (AvgIpc) is 2.91. The highest BCUT2D eigenvalue weighted by Crippen LogP contribution is 2.28. The molecule has 0 heterocycles. The molecule has 0 saturated carbocycles. The Morgan fingerprint density at radius 2 is 1.50 bits per heavy atom. The fourth-order valence-corrected chi connectivity index (χ4v) is 4.65. The van der Waals surface area contributed by atoms with Crippen molar-refractivity contribution in [3.63, 3.8) is 0 Å². The lowest BCUT2D eigenvalue weighted by Crippen LogP contribution is -2.26. The second kappa shape index (κ2) is 14.4. The zero-order valence-corrected chi connectivity index (χ0v) is 22.8. The number of halogens is 3. The minimum Gasteiger partial charge on any atom is -0.478 e. The van der Waals surface area contributed by atoms with Gasteiger partial charge < -0.3 is 15.1 Å². The van der Waals surface area contributed by atoms with Crippen LogP contribution < -0.4 is 9.62 Å². The van der Waals surface area contributed by atoms with Crippen molar-refractivity contribution in [1.29, 1.82) is 0 Å².